The normalized spacial score (nSPS) is 15.7. The monoisotopic (exact) mass is 351 g/mol. The Balaban J connectivity index is 2.16. The average molecular weight is 352 g/mol. The van der Waals surface area contributed by atoms with Gasteiger partial charge in [0.25, 0.3) is 0 Å². The second-order valence-corrected chi connectivity index (χ2v) is 7.66. The van der Waals surface area contributed by atoms with Crippen LogP contribution in [-0.4, -0.2) is 36.2 Å². The van der Waals surface area contributed by atoms with Gasteiger partial charge in [0.2, 0.25) is 0 Å². The molecule has 0 heterocycles. The molecule has 2 heteroatoms. The fraction of sp³-hybridized carbons (Fsp3) is 0.417. The molecule has 2 rings (SSSR count). The molecule has 0 radical (unpaired) electrons. The second kappa shape index (κ2) is 9.70. The largest absolute Gasteiger partial charge is 0.385 e. The van der Waals surface area contributed by atoms with Crippen molar-refractivity contribution in [2.24, 2.45) is 5.92 Å². The Hall–Kier alpha value is -1.90. The molecule has 0 aliphatic carbocycles. The Morgan fingerprint density at radius 2 is 1.62 bits per heavy atom. The average Bonchev–Trinajstić information content (AvgIpc) is 2.62. The SMILES string of the molecule is C/C(=C/c1ccccc1)C(O)(CCCc1ccccc1)C(C)CN(C)C. The summed E-state index contributed by atoms with van der Waals surface area (Å²) in [5.41, 5.74) is 2.73. The van der Waals surface area contributed by atoms with Gasteiger partial charge in [-0.2, -0.15) is 0 Å². The van der Waals surface area contributed by atoms with Crippen molar-refractivity contribution < 1.29 is 5.11 Å². The highest BCUT2D eigenvalue weighted by atomic mass is 16.3. The first-order chi connectivity index (χ1) is 12.4. The number of nitrogens with zero attached hydrogens (tertiary/aromatic N) is 1. The molecule has 2 aromatic carbocycles. The summed E-state index contributed by atoms with van der Waals surface area (Å²) in [7, 11) is 4.13. The van der Waals surface area contributed by atoms with Crippen LogP contribution >= 0.6 is 0 Å². The van der Waals surface area contributed by atoms with Crippen molar-refractivity contribution in [1.29, 1.82) is 0 Å². The Bertz CT molecular complexity index is 678. The van der Waals surface area contributed by atoms with Gasteiger partial charge in [-0.25, -0.2) is 0 Å². The zero-order valence-corrected chi connectivity index (χ0v) is 16.7. The van der Waals surface area contributed by atoms with Crippen LogP contribution in [0.1, 0.15) is 37.8 Å². The first-order valence-electron chi connectivity index (χ1n) is 9.56. The maximum Gasteiger partial charge on any atom is 0.0895 e. The van der Waals surface area contributed by atoms with Crippen molar-refractivity contribution in [3.63, 3.8) is 0 Å². The maximum atomic E-state index is 11.6. The van der Waals surface area contributed by atoms with Gasteiger partial charge in [-0.15, -0.1) is 0 Å². The third kappa shape index (κ3) is 5.82. The molecule has 0 fully saturated rings. The van der Waals surface area contributed by atoms with Crippen LogP contribution in [0.15, 0.2) is 66.2 Å². The number of aliphatic hydroxyl groups is 1. The molecular weight excluding hydrogens is 318 g/mol. The van der Waals surface area contributed by atoms with E-state index in [1.165, 1.54) is 5.56 Å². The molecular formula is C24H33NO. The van der Waals surface area contributed by atoms with Crippen LogP contribution in [0.4, 0.5) is 0 Å². The summed E-state index contributed by atoms with van der Waals surface area (Å²) < 4.78 is 0. The molecule has 0 bridgehead atoms. The molecule has 2 aromatic rings. The number of hydrogen-bond acceptors (Lipinski definition) is 2. The Labute approximate surface area is 159 Å². The molecule has 140 valence electrons. The first-order valence-corrected chi connectivity index (χ1v) is 9.56. The molecule has 2 nitrogen and oxygen atoms in total. The van der Waals surface area contributed by atoms with Gasteiger partial charge in [0.1, 0.15) is 0 Å². The van der Waals surface area contributed by atoms with E-state index in [9.17, 15) is 5.11 Å². The summed E-state index contributed by atoms with van der Waals surface area (Å²) in [5, 5.41) is 11.6. The van der Waals surface area contributed by atoms with Crippen molar-refractivity contribution in [2.45, 2.75) is 38.7 Å². The van der Waals surface area contributed by atoms with Crippen LogP contribution in [-0.2, 0) is 6.42 Å². The summed E-state index contributed by atoms with van der Waals surface area (Å²) in [6.45, 7) is 5.09. The van der Waals surface area contributed by atoms with Gasteiger partial charge < -0.3 is 10.0 Å². The van der Waals surface area contributed by atoms with Crippen molar-refractivity contribution in [1.82, 2.24) is 4.90 Å². The molecule has 0 aliphatic heterocycles. The van der Waals surface area contributed by atoms with Gasteiger partial charge in [-0.3, -0.25) is 0 Å². The van der Waals surface area contributed by atoms with E-state index < -0.39 is 5.60 Å². The summed E-state index contributed by atoms with van der Waals surface area (Å²) in [4.78, 5) is 2.16. The van der Waals surface area contributed by atoms with E-state index in [1.807, 2.05) is 24.3 Å². The van der Waals surface area contributed by atoms with Crippen molar-refractivity contribution >= 4 is 6.08 Å². The Morgan fingerprint density at radius 3 is 2.19 bits per heavy atom. The van der Waals surface area contributed by atoms with Crippen LogP contribution in [0, 0.1) is 5.92 Å². The van der Waals surface area contributed by atoms with Gasteiger partial charge in [-0.1, -0.05) is 73.7 Å². The zero-order valence-electron chi connectivity index (χ0n) is 16.7. The number of hydrogen-bond donors (Lipinski definition) is 1. The lowest BCUT2D eigenvalue weighted by Gasteiger charge is -2.37. The standard InChI is InChI=1S/C24H33NO/c1-20(18-23-14-9-6-10-15-23)24(26,21(2)19-25(3)4)17-11-16-22-12-7-5-8-13-22/h5-10,12-15,18,21,26H,11,16-17,19H2,1-4H3/b20-18-. The topological polar surface area (TPSA) is 23.5 Å². The van der Waals surface area contributed by atoms with Crippen molar-refractivity contribution in [3.8, 4) is 0 Å². The molecule has 0 saturated carbocycles. The first kappa shape index (κ1) is 20.4. The predicted octanol–water partition coefficient (Wildman–Crippen LogP) is 5.04. The summed E-state index contributed by atoms with van der Waals surface area (Å²) in [6, 6.07) is 20.8. The smallest absolute Gasteiger partial charge is 0.0895 e. The van der Waals surface area contributed by atoms with Gasteiger partial charge in [-0.05, 0) is 57.0 Å². The van der Waals surface area contributed by atoms with E-state index in [1.54, 1.807) is 0 Å². The summed E-state index contributed by atoms with van der Waals surface area (Å²) >= 11 is 0. The number of benzene rings is 2. The van der Waals surface area contributed by atoms with Crippen LogP contribution in [0.5, 0.6) is 0 Å². The van der Waals surface area contributed by atoms with E-state index in [0.29, 0.717) is 0 Å². The predicted molar refractivity (Wildman–Crippen MR) is 112 cm³/mol. The third-order valence-electron chi connectivity index (χ3n) is 5.19. The summed E-state index contributed by atoms with van der Waals surface area (Å²) in [5.74, 6) is 0.160. The minimum Gasteiger partial charge on any atom is -0.385 e. The third-order valence-corrected chi connectivity index (χ3v) is 5.19. The quantitative estimate of drug-likeness (QED) is 0.684. The van der Waals surface area contributed by atoms with Gasteiger partial charge in [0.15, 0.2) is 0 Å². The van der Waals surface area contributed by atoms with Gasteiger partial charge >= 0.3 is 0 Å². The van der Waals surface area contributed by atoms with Crippen LogP contribution in [0.3, 0.4) is 0 Å². The van der Waals surface area contributed by atoms with E-state index >= 15 is 0 Å². The maximum absolute atomic E-state index is 11.6. The Kier molecular flexibility index (Phi) is 7.62. The lowest BCUT2D eigenvalue weighted by molar-refractivity contribution is 0.00550. The molecule has 0 aromatic heterocycles. The molecule has 0 aliphatic rings. The van der Waals surface area contributed by atoms with Crippen molar-refractivity contribution in [3.05, 3.63) is 77.4 Å². The lowest BCUT2D eigenvalue weighted by atomic mass is 9.77. The number of aryl methyl sites for hydroxylation is 1. The molecule has 0 saturated heterocycles. The minimum absolute atomic E-state index is 0.160. The fourth-order valence-corrected chi connectivity index (χ4v) is 3.66. The molecule has 2 unspecified atom stereocenters. The van der Waals surface area contributed by atoms with E-state index in [2.05, 4.69) is 75.3 Å². The van der Waals surface area contributed by atoms with Gasteiger partial charge in [0, 0.05) is 12.5 Å². The molecule has 1 N–H and O–H groups in total. The molecule has 0 amide bonds. The number of rotatable bonds is 9. The van der Waals surface area contributed by atoms with E-state index in [4.69, 9.17) is 0 Å². The highest BCUT2D eigenvalue weighted by Crippen LogP contribution is 2.33. The minimum atomic E-state index is -0.797. The molecule has 26 heavy (non-hydrogen) atoms. The second-order valence-electron chi connectivity index (χ2n) is 7.66. The zero-order chi connectivity index (χ0) is 19.0. The summed E-state index contributed by atoms with van der Waals surface area (Å²) in [6.07, 6.45) is 4.87. The van der Waals surface area contributed by atoms with Crippen molar-refractivity contribution in [2.75, 3.05) is 20.6 Å². The van der Waals surface area contributed by atoms with E-state index in [-0.39, 0.29) is 5.92 Å². The highest BCUT2D eigenvalue weighted by Gasteiger charge is 2.35. The van der Waals surface area contributed by atoms with Crippen LogP contribution < -0.4 is 0 Å². The van der Waals surface area contributed by atoms with Crippen LogP contribution in [0.2, 0.25) is 0 Å². The molecule has 0 spiro atoms. The lowest BCUT2D eigenvalue weighted by Crippen LogP contribution is -2.42. The van der Waals surface area contributed by atoms with Gasteiger partial charge in [0.05, 0.1) is 5.60 Å². The molecule has 2 atom stereocenters. The fourth-order valence-electron chi connectivity index (χ4n) is 3.66. The van der Waals surface area contributed by atoms with E-state index in [0.717, 1.165) is 36.9 Å². The van der Waals surface area contributed by atoms with Crippen LogP contribution in [0.25, 0.3) is 6.08 Å². The Morgan fingerprint density at radius 1 is 1.04 bits per heavy atom. The highest BCUT2D eigenvalue weighted by molar-refractivity contribution is 5.54.